The first kappa shape index (κ1) is 27.5. The van der Waals surface area contributed by atoms with Gasteiger partial charge in [-0.3, -0.25) is 9.59 Å². The number of hydrogen-bond acceptors (Lipinski definition) is 4. The minimum atomic E-state index is -0.193. The molecule has 0 atom stereocenters. The molecule has 6 nitrogen and oxygen atoms in total. The molecule has 6 heteroatoms. The van der Waals surface area contributed by atoms with Gasteiger partial charge >= 0.3 is 0 Å². The normalized spacial score (nSPS) is 16.0. The van der Waals surface area contributed by atoms with Gasteiger partial charge in [-0.05, 0) is 123 Å². The van der Waals surface area contributed by atoms with E-state index >= 15 is 0 Å². The standard InChI is InChI=1S/C38H32N4O2/c1-19-15-21(3)33(22(4)16-19)35-25-7-11-29(39-25)37(43)31-13-9-27(41-31)36(34-23(5)17-20(2)18-24(34)6)28-10-14-32(42-28)38(44)30-12-8-26(35)40-30/h7-18,39,42H,1-6H3. The first-order chi connectivity index (χ1) is 21.1. The van der Waals surface area contributed by atoms with Crippen molar-refractivity contribution < 1.29 is 9.59 Å². The number of allylic oxidation sites excluding steroid dienone is 4. The summed E-state index contributed by atoms with van der Waals surface area (Å²) < 4.78 is 0. The maximum atomic E-state index is 13.8. The Morgan fingerprint density at radius 1 is 0.477 bits per heavy atom. The van der Waals surface area contributed by atoms with Crippen LogP contribution in [-0.2, 0) is 0 Å². The van der Waals surface area contributed by atoms with E-state index in [-0.39, 0.29) is 11.6 Å². The van der Waals surface area contributed by atoms with Crippen molar-refractivity contribution in [3.05, 3.63) is 152 Å². The number of carbonyl (C=O) groups is 2. The molecule has 5 heterocycles. The summed E-state index contributed by atoms with van der Waals surface area (Å²) in [5.41, 5.74) is 14.8. The van der Waals surface area contributed by atoms with Crippen molar-refractivity contribution in [2.24, 2.45) is 9.98 Å². The minimum Gasteiger partial charge on any atom is -0.352 e. The molecule has 0 fully saturated rings. The van der Waals surface area contributed by atoms with Crippen LogP contribution >= 0.6 is 0 Å². The molecule has 0 amide bonds. The topological polar surface area (TPSA) is 90.4 Å². The summed E-state index contributed by atoms with van der Waals surface area (Å²) in [6, 6.07) is 16.0. The molecular weight excluding hydrogens is 544 g/mol. The highest BCUT2D eigenvalue weighted by Crippen LogP contribution is 2.37. The van der Waals surface area contributed by atoms with Crippen LogP contribution in [0.25, 0.3) is 11.1 Å². The van der Waals surface area contributed by atoms with Gasteiger partial charge in [0.15, 0.2) is 0 Å². The third-order valence-electron chi connectivity index (χ3n) is 8.51. The van der Waals surface area contributed by atoms with Crippen molar-refractivity contribution in [2.45, 2.75) is 41.5 Å². The second kappa shape index (κ2) is 10.1. The molecule has 0 saturated heterocycles. The maximum Gasteiger partial charge on any atom is 0.227 e. The number of carbonyl (C=O) groups excluding carboxylic acids is 2. The van der Waals surface area contributed by atoms with Crippen LogP contribution in [-0.4, -0.2) is 33.0 Å². The number of H-pyrrole nitrogens is 2. The highest BCUT2D eigenvalue weighted by molar-refractivity contribution is 6.51. The van der Waals surface area contributed by atoms with Gasteiger partial charge in [0.05, 0.1) is 22.8 Å². The first-order valence-corrected chi connectivity index (χ1v) is 14.8. The summed E-state index contributed by atoms with van der Waals surface area (Å²) in [6.07, 6.45) is 7.31. The van der Waals surface area contributed by atoms with Crippen LogP contribution in [0.5, 0.6) is 0 Å². The Morgan fingerprint density at radius 3 is 1.18 bits per heavy atom. The molecule has 7 rings (SSSR count). The number of rotatable bonds is 2. The summed E-state index contributed by atoms with van der Waals surface area (Å²) in [4.78, 5) is 44.2. The lowest BCUT2D eigenvalue weighted by Crippen LogP contribution is -2.12. The molecule has 4 aromatic rings. The third kappa shape index (κ3) is 4.42. The van der Waals surface area contributed by atoms with Crippen LogP contribution in [0, 0.1) is 41.5 Å². The number of aliphatic imine (C=N–C) groups is 2. The minimum absolute atomic E-state index is 0.193. The van der Waals surface area contributed by atoms with Crippen LogP contribution in [0.2, 0.25) is 0 Å². The van der Waals surface area contributed by atoms with E-state index in [1.54, 1.807) is 24.3 Å². The summed E-state index contributed by atoms with van der Waals surface area (Å²) in [5, 5.41) is 0. The summed E-state index contributed by atoms with van der Waals surface area (Å²) in [6.45, 7) is 12.5. The van der Waals surface area contributed by atoms with Crippen molar-refractivity contribution in [3.63, 3.8) is 0 Å². The predicted octanol–water partition coefficient (Wildman–Crippen LogP) is 7.81. The molecule has 0 radical (unpaired) electrons. The highest BCUT2D eigenvalue weighted by atomic mass is 16.1. The van der Waals surface area contributed by atoms with Gasteiger partial charge in [-0.25, -0.2) is 9.98 Å². The SMILES string of the molecule is Cc1cc(C)c(C2=C3C=CC(=N3)C(=O)c3ccc([nH]3)C(c3c(C)cc(C)cc3C)=C3C=CC(=N3)C(=O)c3ccc2[nH]3)c(C)c1. The van der Waals surface area contributed by atoms with Crippen molar-refractivity contribution in [3.8, 4) is 0 Å². The van der Waals surface area contributed by atoms with Crippen molar-refractivity contribution >= 4 is 34.1 Å². The lowest BCUT2D eigenvalue weighted by molar-refractivity contribution is 0.105. The van der Waals surface area contributed by atoms with Gasteiger partial charge in [0.1, 0.15) is 11.4 Å². The fourth-order valence-electron chi connectivity index (χ4n) is 6.83. The molecule has 2 aromatic carbocycles. The van der Waals surface area contributed by atoms with E-state index in [1.807, 2.05) is 24.3 Å². The molecule has 3 aliphatic heterocycles. The number of nitrogens with one attached hydrogen (secondary N) is 2. The Hall–Kier alpha value is -5.36. The number of Topliss-reactive ketones (excluding diaryl/α,β-unsaturated/α-hetero) is 2. The number of aryl methyl sites for hydroxylation is 6. The largest absolute Gasteiger partial charge is 0.352 e. The quantitative estimate of drug-likeness (QED) is 0.255. The van der Waals surface area contributed by atoms with Gasteiger partial charge in [0.2, 0.25) is 11.6 Å². The average molecular weight is 577 g/mol. The average Bonchev–Trinajstić information content (AvgIpc) is 3.78. The van der Waals surface area contributed by atoms with Gasteiger partial charge in [-0.2, -0.15) is 0 Å². The van der Waals surface area contributed by atoms with Crippen LogP contribution in [0.15, 0.2) is 94.2 Å². The molecule has 0 unspecified atom stereocenters. The smallest absolute Gasteiger partial charge is 0.227 e. The number of ketones is 2. The van der Waals surface area contributed by atoms with E-state index in [2.05, 4.69) is 75.8 Å². The van der Waals surface area contributed by atoms with Crippen LogP contribution in [0.3, 0.4) is 0 Å². The molecule has 3 aliphatic rings. The summed E-state index contributed by atoms with van der Waals surface area (Å²) in [5.74, 6) is -0.386. The summed E-state index contributed by atoms with van der Waals surface area (Å²) in [7, 11) is 0. The predicted molar refractivity (Wildman–Crippen MR) is 177 cm³/mol. The van der Waals surface area contributed by atoms with Gasteiger partial charge in [-0.15, -0.1) is 0 Å². The van der Waals surface area contributed by atoms with Crippen LogP contribution < -0.4 is 0 Å². The van der Waals surface area contributed by atoms with Gasteiger partial charge in [0, 0.05) is 22.5 Å². The molecule has 2 aromatic heterocycles. The Balaban J connectivity index is 1.49. The Bertz CT molecular complexity index is 1950. The molecular formula is C38H32N4O2. The number of fused-ring (bicyclic) bond motifs is 6. The van der Waals surface area contributed by atoms with Gasteiger partial charge in [0.25, 0.3) is 0 Å². The van der Waals surface area contributed by atoms with E-state index < -0.39 is 0 Å². The maximum absolute atomic E-state index is 13.8. The van der Waals surface area contributed by atoms with Crippen molar-refractivity contribution in [2.75, 3.05) is 0 Å². The van der Waals surface area contributed by atoms with E-state index in [9.17, 15) is 9.59 Å². The molecule has 2 N–H and O–H groups in total. The fourth-order valence-corrected chi connectivity index (χ4v) is 6.83. The molecule has 0 aliphatic carbocycles. The lowest BCUT2D eigenvalue weighted by Gasteiger charge is -2.16. The van der Waals surface area contributed by atoms with Crippen molar-refractivity contribution in [1.82, 2.24) is 9.97 Å². The van der Waals surface area contributed by atoms with Gasteiger partial charge < -0.3 is 9.97 Å². The summed E-state index contributed by atoms with van der Waals surface area (Å²) >= 11 is 0. The molecule has 0 saturated carbocycles. The number of benzene rings is 2. The highest BCUT2D eigenvalue weighted by Gasteiger charge is 2.27. The zero-order valence-electron chi connectivity index (χ0n) is 25.6. The second-order valence-corrected chi connectivity index (χ2v) is 12.0. The zero-order valence-corrected chi connectivity index (χ0v) is 25.6. The van der Waals surface area contributed by atoms with Crippen LogP contribution in [0.1, 0.15) is 76.9 Å². The Labute approximate surface area is 256 Å². The number of aromatic nitrogens is 2. The first-order valence-electron chi connectivity index (χ1n) is 14.8. The second-order valence-electron chi connectivity index (χ2n) is 12.0. The van der Waals surface area contributed by atoms with Crippen LogP contribution in [0.4, 0.5) is 0 Å². The van der Waals surface area contributed by atoms with Crippen molar-refractivity contribution in [1.29, 1.82) is 0 Å². The number of nitrogens with zero attached hydrogens (tertiary/aromatic N) is 2. The molecule has 216 valence electrons. The van der Waals surface area contributed by atoms with E-state index in [0.29, 0.717) is 34.2 Å². The lowest BCUT2D eigenvalue weighted by atomic mass is 9.90. The molecule has 8 bridgehead atoms. The van der Waals surface area contributed by atoms with E-state index in [4.69, 9.17) is 9.98 Å². The zero-order chi connectivity index (χ0) is 30.9. The monoisotopic (exact) mass is 576 g/mol. The number of hydrogen-bond donors (Lipinski definition) is 2. The third-order valence-corrected chi connectivity index (χ3v) is 8.51. The van der Waals surface area contributed by atoms with E-state index in [0.717, 1.165) is 55.9 Å². The molecule has 44 heavy (non-hydrogen) atoms. The number of aromatic amines is 2. The molecule has 0 spiro atoms. The van der Waals surface area contributed by atoms with E-state index in [1.165, 1.54) is 11.1 Å². The van der Waals surface area contributed by atoms with Gasteiger partial charge in [-0.1, -0.05) is 35.4 Å². The fraction of sp³-hybridized carbons (Fsp3) is 0.158. The Kier molecular flexibility index (Phi) is 6.32. The Morgan fingerprint density at radius 2 is 0.818 bits per heavy atom.